The molecule has 5 heteroatoms. The molecule has 0 aliphatic rings. The number of nitrogens with two attached hydrogens (primary N) is 1. The number of carbonyl (C=O) groups excluding carboxylic acids is 1. The summed E-state index contributed by atoms with van der Waals surface area (Å²) >= 11 is 6.04. The van der Waals surface area contributed by atoms with Crippen LogP contribution >= 0.6 is 11.6 Å². The normalized spacial score (nSPS) is 10.1. The van der Waals surface area contributed by atoms with Crippen molar-refractivity contribution in [2.45, 2.75) is 20.3 Å². The molecule has 94 valence electrons. The third-order valence-corrected chi connectivity index (χ3v) is 2.33. The summed E-state index contributed by atoms with van der Waals surface area (Å²) in [5.41, 5.74) is 5.51. The van der Waals surface area contributed by atoms with E-state index in [9.17, 15) is 4.79 Å². The minimum atomic E-state index is -0.546. The van der Waals surface area contributed by atoms with Crippen LogP contribution in [0.1, 0.15) is 30.6 Å². The highest BCUT2D eigenvalue weighted by Crippen LogP contribution is 2.36. The Labute approximate surface area is 106 Å². The van der Waals surface area contributed by atoms with Gasteiger partial charge < -0.3 is 15.2 Å². The number of hydrogen-bond donors (Lipinski definition) is 1. The molecule has 1 aromatic carbocycles. The highest BCUT2D eigenvalue weighted by atomic mass is 35.5. The molecule has 0 bridgehead atoms. The molecular formula is C12H16ClNO3. The number of ether oxygens (including phenoxy) is 2. The summed E-state index contributed by atoms with van der Waals surface area (Å²) < 4.78 is 10.9. The maximum atomic E-state index is 11.1. The Morgan fingerprint density at radius 3 is 2.59 bits per heavy atom. The molecule has 0 aromatic heterocycles. The third kappa shape index (κ3) is 3.53. The molecule has 0 radical (unpaired) electrons. The van der Waals surface area contributed by atoms with Gasteiger partial charge in [0.2, 0.25) is 5.91 Å². The van der Waals surface area contributed by atoms with E-state index in [0.717, 1.165) is 6.42 Å². The molecule has 0 aliphatic heterocycles. The number of hydrogen-bond acceptors (Lipinski definition) is 3. The molecule has 1 aromatic rings. The molecule has 0 aliphatic carbocycles. The zero-order valence-corrected chi connectivity index (χ0v) is 10.7. The predicted octanol–water partition coefficient (Wildman–Crippen LogP) is 2.63. The summed E-state index contributed by atoms with van der Waals surface area (Å²) in [4.78, 5) is 11.1. The second-order valence-electron chi connectivity index (χ2n) is 3.43. The first-order valence-corrected chi connectivity index (χ1v) is 5.86. The Morgan fingerprint density at radius 2 is 2.06 bits per heavy atom. The second-order valence-corrected chi connectivity index (χ2v) is 3.84. The molecule has 2 N–H and O–H groups in total. The fraction of sp³-hybridized carbons (Fsp3) is 0.417. The number of benzene rings is 1. The fourth-order valence-corrected chi connectivity index (χ4v) is 1.58. The van der Waals surface area contributed by atoms with Crippen LogP contribution in [0.15, 0.2) is 12.1 Å². The van der Waals surface area contributed by atoms with E-state index >= 15 is 0 Å². The van der Waals surface area contributed by atoms with E-state index in [1.807, 2.05) is 13.8 Å². The van der Waals surface area contributed by atoms with Crippen LogP contribution in [-0.4, -0.2) is 19.1 Å². The van der Waals surface area contributed by atoms with Gasteiger partial charge in [-0.3, -0.25) is 4.79 Å². The van der Waals surface area contributed by atoms with E-state index in [1.54, 1.807) is 6.07 Å². The zero-order chi connectivity index (χ0) is 12.8. The van der Waals surface area contributed by atoms with Gasteiger partial charge in [-0.25, -0.2) is 0 Å². The lowest BCUT2D eigenvalue weighted by molar-refractivity contribution is 0.0999. The fourth-order valence-electron chi connectivity index (χ4n) is 1.32. The lowest BCUT2D eigenvalue weighted by Crippen LogP contribution is -2.12. The summed E-state index contributed by atoms with van der Waals surface area (Å²) in [6, 6.07) is 3.03. The van der Waals surface area contributed by atoms with Crippen molar-refractivity contribution < 1.29 is 14.3 Å². The Morgan fingerprint density at radius 1 is 1.35 bits per heavy atom. The van der Waals surface area contributed by atoms with E-state index in [0.29, 0.717) is 35.3 Å². The molecule has 0 heterocycles. The average molecular weight is 258 g/mol. The lowest BCUT2D eigenvalue weighted by Gasteiger charge is -2.13. The van der Waals surface area contributed by atoms with Gasteiger partial charge in [0, 0.05) is 5.56 Å². The van der Waals surface area contributed by atoms with Gasteiger partial charge in [-0.15, -0.1) is 0 Å². The third-order valence-electron chi connectivity index (χ3n) is 2.04. The van der Waals surface area contributed by atoms with Gasteiger partial charge in [-0.2, -0.15) is 0 Å². The standard InChI is InChI=1S/C12H16ClNO3/c1-3-5-17-11-9(13)6-8(12(14)15)7-10(11)16-4-2/h6-7H,3-5H2,1-2H3,(H2,14,15). The summed E-state index contributed by atoms with van der Waals surface area (Å²) in [7, 11) is 0. The van der Waals surface area contributed by atoms with Gasteiger partial charge in [0.1, 0.15) is 0 Å². The lowest BCUT2D eigenvalue weighted by atomic mass is 10.2. The van der Waals surface area contributed by atoms with Crippen molar-refractivity contribution in [2.75, 3.05) is 13.2 Å². The van der Waals surface area contributed by atoms with Crippen LogP contribution in [0.4, 0.5) is 0 Å². The Kier molecular flexibility index (Phi) is 5.10. The molecule has 0 fully saturated rings. The monoisotopic (exact) mass is 257 g/mol. The first kappa shape index (κ1) is 13.6. The topological polar surface area (TPSA) is 61.5 Å². The van der Waals surface area contributed by atoms with E-state index in [2.05, 4.69) is 0 Å². The van der Waals surface area contributed by atoms with Gasteiger partial charge in [-0.1, -0.05) is 18.5 Å². The Hall–Kier alpha value is -1.42. The van der Waals surface area contributed by atoms with E-state index in [1.165, 1.54) is 6.07 Å². The molecule has 0 unspecified atom stereocenters. The van der Waals surface area contributed by atoms with Gasteiger partial charge in [0.05, 0.1) is 18.2 Å². The van der Waals surface area contributed by atoms with Crippen LogP contribution in [0, 0.1) is 0 Å². The minimum absolute atomic E-state index is 0.308. The van der Waals surface area contributed by atoms with Crippen molar-refractivity contribution in [3.63, 3.8) is 0 Å². The molecular weight excluding hydrogens is 242 g/mol. The van der Waals surface area contributed by atoms with Crippen LogP contribution in [0.2, 0.25) is 5.02 Å². The van der Waals surface area contributed by atoms with Crippen LogP contribution in [0.25, 0.3) is 0 Å². The first-order valence-electron chi connectivity index (χ1n) is 5.49. The SMILES string of the molecule is CCCOc1c(Cl)cc(C(N)=O)cc1OCC. The molecule has 0 saturated heterocycles. The van der Waals surface area contributed by atoms with Crippen LogP contribution in [0.3, 0.4) is 0 Å². The quantitative estimate of drug-likeness (QED) is 0.852. The summed E-state index contributed by atoms with van der Waals surface area (Å²) in [5.74, 6) is 0.359. The van der Waals surface area contributed by atoms with Crippen molar-refractivity contribution in [1.29, 1.82) is 0 Å². The second kappa shape index (κ2) is 6.35. The van der Waals surface area contributed by atoms with Crippen LogP contribution in [0.5, 0.6) is 11.5 Å². The number of rotatable bonds is 6. The number of amides is 1. The van der Waals surface area contributed by atoms with Crippen molar-refractivity contribution in [3.05, 3.63) is 22.7 Å². The van der Waals surface area contributed by atoms with Gasteiger partial charge >= 0.3 is 0 Å². The summed E-state index contributed by atoms with van der Waals surface area (Å²) in [5, 5.41) is 0.332. The first-order chi connectivity index (χ1) is 8.10. The molecule has 1 amide bonds. The average Bonchev–Trinajstić information content (AvgIpc) is 2.28. The van der Waals surface area contributed by atoms with Gasteiger partial charge in [-0.05, 0) is 25.5 Å². The highest BCUT2D eigenvalue weighted by molar-refractivity contribution is 6.32. The number of halogens is 1. The summed E-state index contributed by atoms with van der Waals surface area (Å²) in [6.45, 7) is 4.83. The maximum Gasteiger partial charge on any atom is 0.248 e. The molecule has 1 rings (SSSR count). The smallest absolute Gasteiger partial charge is 0.248 e. The molecule has 4 nitrogen and oxygen atoms in total. The minimum Gasteiger partial charge on any atom is -0.490 e. The Bertz CT molecular complexity index is 407. The number of carbonyl (C=O) groups is 1. The van der Waals surface area contributed by atoms with E-state index < -0.39 is 5.91 Å². The van der Waals surface area contributed by atoms with Crippen molar-refractivity contribution in [3.8, 4) is 11.5 Å². The molecule has 17 heavy (non-hydrogen) atoms. The van der Waals surface area contributed by atoms with Crippen molar-refractivity contribution >= 4 is 17.5 Å². The van der Waals surface area contributed by atoms with Gasteiger partial charge in [0.15, 0.2) is 11.5 Å². The largest absolute Gasteiger partial charge is 0.490 e. The molecule has 0 spiro atoms. The Balaban J connectivity index is 3.12. The zero-order valence-electron chi connectivity index (χ0n) is 9.96. The summed E-state index contributed by atoms with van der Waals surface area (Å²) in [6.07, 6.45) is 0.861. The predicted molar refractivity (Wildman–Crippen MR) is 66.9 cm³/mol. The van der Waals surface area contributed by atoms with E-state index in [-0.39, 0.29) is 0 Å². The van der Waals surface area contributed by atoms with Crippen molar-refractivity contribution in [1.82, 2.24) is 0 Å². The molecule has 0 saturated carbocycles. The number of primary amides is 1. The van der Waals surface area contributed by atoms with Crippen molar-refractivity contribution in [2.24, 2.45) is 5.73 Å². The highest BCUT2D eigenvalue weighted by Gasteiger charge is 2.14. The van der Waals surface area contributed by atoms with Gasteiger partial charge in [0.25, 0.3) is 0 Å². The van der Waals surface area contributed by atoms with Crippen LogP contribution < -0.4 is 15.2 Å². The molecule has 0 atom stereocenters. The van der Waals surface area contributed by atoms with E-state index in [4.69, 9.17) is 26.8 Å². The maximum absolute atomic E-state index is 11.1. The van der Waals surface area contributed by atoms with Crippen LogP contribution in [-0.2, 0) is 0 Å².